The zero-order valence-electron chi connectivity index (χ0n) is 9.09. The normalized spacial score (nSPS) is 10.4. The van der Waals surface area contributed by atoms with Gasteiger partial charge < -0.3 is 9.84 Å². The third kappa shape index (κ3) is 2.67. The number of pyridine rings is 1. The first-order valence-corrected chi connectivity index (χ1v) is 4.58. The Labute approximate surface area is 99.2 Å². The van der Waals surface area contributed by atoms with Crippen LogP contribution in [-0.4, -0.2) is 28.1 Å². The second-order valence-corrected chi connectivity index (χ2v) is 3.16. The van der Waals surface area contributed by atoms with Crippen LogP contribution >= 0.6 is 0 Å². The summed E-state index contributed by atoms with van der Waals surface area (Å²) < 4.78 is 29.8. The Kier molecular flexibility index (Phi) is 4.08. The van der Waals surface area contributed by atoms with Gasteiger partial charge in [0.1, 0.15) is 5.56 Å². The number of alkyl halides is 2. The minimum atomic E-state index is -3.25. The number of nitrogens with zero attached hydrogens (tertiary/aromatic N) is 2. The second kappa shape index (κ2) is 5.34. The van der Waals surface area contributed by atoms with Crippen LogP contribution in [0.5, 0.6) is 5.75 Å². The molecule has 98 valence electrons. The highest BCUT2D eigenvalue weighted by Crippen LogP contribution is 2.37. The maximum Gasteiger partial charge on any atom is 0.323 e. The third-order valence-corrected chi connectivity index (χ3v) is 2.09. The standard InChI is InChI=1S/C9H8F2N2O5/c1-18-6(15)2-4-7(9(10)11)8(13(16)17)5(14)3-12-4/h3,9,14H,2H2,1H3. The first-order valence-electron chi connectivity index (χ1n) is 4.58. The van der Waals surface area contributed by atoms with Crippen molar-refractivity contribution < 1.29 is 28.3 Å². The average Bonchev–Trinajstić information content (AvgIpc) is 2.29. The minimum absolute atomic E-state index is 0.499. The van der Waals surface area contributed by atoms with E-state index < -0.39 is 46.4 Å². The Balaban J connectivity index is 3.39. The molecule has 0 bridgehead atoms. The number of aromatic hydroxyl groups is 1. The molecule has 1 aromatic heterocycles. The van der Waals surface area contributed by atoms with Gasteiger partial charge in [0.05, 0.1) is 30.3 Å². The van der Waals surface area contributed by atoms with Gasteiger partial charge in [0, 0.05) is 0 Å². The van der Waals surface area contributed by atoms with Gasteiger partial charge in [0.2, 0.25) is 5.75 Å². The lowest BCUT2D eigenvalue weighted by Gasteiger charge is -2.08. The molecule has 0 saturated heterocycles. The van der Waals surface area contributed by atoms with Crippen molar-refractivity contribution in [1.82, 2.24) is 4.98 Å². The maximum absolute atomic E-state index is 12.8. The molecule has 0 aromatic carbocycles. The van der Waals surface area contributed by atoms with Crippen LogP contribution in [-0.2, 0) is 16.0 Å². The summed E-state index contributed by atoms with van der Waals surface area (Å²) in [6.45, 7) is 0. The van der Waals surface area contributed by atoms with Gasteiger partial charge in [-0.1, -0.05) is 0 Å². The first kappa shape index (κ1) is 13.7. The quantitative estimate of drug-likeness (QED) is 0.499. The topological polar surface area (TPSA) is 103 Å². The molecule has 0 radical (unpaired) electrons. The van der Waals surface area contributed by atoms with Crippen LogP contribution in [0.25, 0.3) is 0 Å². The van der Waals surface area contributed by atoms with Crippen LogP contribution in [0.3, 0.4) is 0 Å². The van der Waals surface area contributed by atoms with Gasteiger partial charge >= 0.3 is 11.7 Å². The van der Waals surface area contributed by atoms with E-state index in [1.54, 1.807) is 0 Å². The summed E-state index contributed by atoms with van der Waals surface area (Å²) in [5.41, 5.74) is -2.73. The number of esters is 1. The van der Waals surface area contributed by atoms with Gasteiger partial charge in [-0.25, -0.2) is 8.78 Å². The molecule has 0 aliphatic rings. The fourth-order valence-electron chi connectivity index (χ4n) is 1.32. The van der Waals surface area contributed by atoms with Gasteiger partial charge in [-0.2, -0.15) is 0 Å². The summed E-state index contributed by atoms with van der Waals surface area (Å²) in [5.74, 6) is -1.85. The van der Waals surface area contributed by atoms with Gasteiger partial charge in [-0.3, -0.25) is 19.9 Å². The second-order valence-electron chi connectivity index (χ2n) is 3.16. The number of aromatic nitrogens is 1. The molecule has 0 aliphatic carbocycles. The molecule has 1 aromatic rings. The molecule has 0 amide bonds. The Morgan fingerprint density at radius 2 is 2.28 bits per heavy atom. The van der Waals surface area contributed by atoms with Gasteiger partial charge in [-0.05, 0) is 0 Å². The van der Waals surface area contributed by atoms with E-state index in [0.29, 0.717) is 6.20 Å². The zero-order valence-corrected chi connectivity index (χ0v) is 9.09. The molecule has 0 spiro atoms. The molecular weight excluding hydrogens is 254 g/mol. The summed E-state index contributed by atoms with van der Waals surface area (Å²) in [4.78, 5) is 23.8. The summed E-state index contributed by atoms with van der Waals surface area (Å²) in [6, 6.07) is 0. The highest BCUT2D eigenvalue weighted by Gasteiger charge is 2.31. The molecule has 0 fully saturated rings. The Hall–Kier alpha value is -2.32. The van der Waals surface area contributed by atoms with E-state index in [0.717, 1.165) is 7.11 Å². The molecule has 18 heavy (non-hydrogen) atoms. The van der Waals surface area contributed by atoms with E-state index in [1.807, 2.05) is 0 Å². The SMILES string of the molecule is COC(=O)Cc1ncc(O)c([N+](=O)[O-])c1C(F)F. The lowest BCUT2D eigenvalue weighted by atomic mass is 10.1. The molecule has 0 saturated carbocycles. The number of hydrogen-bond donors (Lipinski definition) is 1. The third-order valence-electron chi connectivity index (χ3n) is 2.09. The van der Waals surface area contributed by atoms with Crippen molar-refractivity contribution in [2.45, 2.75) is 12.8 Å². The molecule has 0 aliphatic heterocycles. The van der Waals surface area contributed by atoms with Crippen LogP contribution in [0.4, 0.5) is 14.5 Å². The van der Waals surface area contributed by atoms with Crippen LogP contribution in [0.1, 0.15) is 17.7 Å². The fourth-order valence-corrected chi connectivity index (χ4v) is 1.32. The molecule has 9 heteroatoms. The van der Waals surface area contributed by atoms with Gasteiger partial charge in [-0.15, -0.1) is 0 Å². The van der Waals surface area contributed by atoms with E-state index in [4.69, 9.17) is 0 Å². The van der Waals surface area contributed by atoms with Crippen LogP contribution in [0.15, 0.2) is 6.20 Å². The molecular formula is C9H8F2N2O5. The summed E-state index contributed by atoms with van der Waals surface area (Å²) >= 11 is 0. The number of rotatable bonds is 4. The number of halogens is 2. The number of nitro groups is 1. The lowest BCUT2D eigenvalue weighted by Crippen LogP contribution is -2.11. The van der Waals surface area contributed by atoms with Crippen molar-refractivity contribution in [2.75, 3.05) is 7.11 Å². The van der Waals surface area contributed by atoms with Crippen molar-refractivity contribution in [3.05, 3.63) is 27.6 Å². The van der Waals surface area contributed by atoms with E-state index in [2.05, 4.69) is 9.72 Å². The highest BCUT2D eigenvalue weighted by molar-refractivity contribution is 5.73. The maximum atomic E-state index is 12.8. The van der Waals surface area contributed by atoms with Crippen molar-refractivity contribution in [2.24, 2.45) is 0 Å². The van der Waals surface area contributed by atoms with Crippen molar-refractivity contribution >= 4 is 11.7 Å². The highest BCUT2D eigenvalue weighted by atomic mass is 19.3. The number of methoxy groups -OCH3 is 1. The van der Waals surface area contributed by atoms with Crippen molar-refractivity contribution in [3.63, 3.8) is 0 Å². The van der Waals surface area contributed by atoms with E-state index in [1.165, 1.54) is 0 Å². The van der Waals surface area contributed by atoms with E-state index in [9.17, 15) is 28.8 Å². The van der Waals surface area contributed by atoms with Crippen LogP contribution in [0.2, 0.25) is 0 Å². The smallest absolute Gasteiger partial charge is 0.323 e. The summed E-state index contributed by atoms with van der Waals surface area (Å²) in [7, 11) is 1.04. The predicted molar refractivity (Wildman–Crippen MR) is 53.2 cm³/mol. The lowest BCUT2D eigenvalue weighted by molar-refractivity contribution is -0.387. The van der Waals surface area contributed by atoms with Gasteiger partial charge in [0.15, 0.2) is 0 Å². The van der Waals surface area contributed by atoms with E-state index >= 15 is 0 Å². The largest absolute Gasteiger partial charge is 0.501 e. The molecule has 0 unspecified atom stereocenters. The number of hydrogen-bond acceptors (Lipinski definition) is 6. The first-order chi connectivity index (χ1) is 8.38. The molecule has 1 heterocycles. The predicted octanol–water partition coefficient (Wildman–Crippen LogP) is 1.35. The Morgan fingerprint density at radius 1 is 1.67 bits per heavy atom. The molecule has 0 atom stereocenters. The van der Waals surface area contributed by atoms with Crippen molar-refractivity contribution in [1.29, 1.82) is 0 Å². The van der Waals surface area contributed by atoms with Gasteiger partial charge in [0.25, 0.3) is 6.43 Å². The number of carbonyl (C=O) groups excluding carboxylic acids is 1. The van der Waals surface area contributed by atoms with Crippen LogP contribution in [0, 0.1) is 10.1 Å². The summed E-state index contributed by atoms with van der Waals surface area (Å²) in [6.07, 6.45) is -3.25. The van der Waals surface area contributed by atoms with Crippen molar-refractivity contribution in [3.8, 4) is 5.75 Å². The zero-order chi connectivity index (χ0) is 13.9. The molecule has 7 nitrogen and oxygen atoms in total. The monoisotopic (exact) mass is 262 g/mol. The number of carbonyl (C=O) groups is 1. The number of ether oxygens (including phenoxy) is 1. The van der Waals surface area contributed by atoms with Crippen LogP contribution < -0.4 is 0 Å². The average molecular weight is 262 g/mol. The molecule has 1 rings (SSSR count). The van der Waals surface area contributed by atoms with E-state index in [-0.39, 0.29) is 0 Å². The fraction of sp³-hybridized carbons (Fsp3) is 0.333. The molecule has 1 N–H and O–H groups in total. The summed E-state index contributed by atoms with van der Waals surface area (Å²) in [5, 5.41) is 19.8. The Morgan fingerprint density at radius 3 is 2.72 bits per heavy atom. The minimum Gasteiger partial charge on any atom is -0.501 e. The Bertz CT molecular complexity index is 492.